The van der Waals surface area contributed by atoms with Crippen molar-refractivity contribution in [3.8, 4) is 0 Å². The molecule has 1 aliphatic rings. The van der Waals surface area contributed by atoms with Gasteiger partial charge in [-0.05, 0) is 56.2 Å². The van der Waals surface area contributed by atoms with Gasteiger partial charge in [0.15, 0.2) is 0 Å². The van der Waals surface area contributed by atoms with Gasteiger partial charge in [-0.25, -0.2) is 0 Å². The molecule has 9 nitrogen and oxygen atoms in total. The number of esters is 1. The highest BCUT2D eigenvalue weighted by Gasteiger charge is 2.34. The Morgan fingerprint density at radius 3 is 2.27 bits per heavy atom. The molecule has 0 spiro atoms. The van der Waals surface area contributed by atoms with E-state index in [1.54, 1.807) is 19.1 Å². The van der Waals surface area contributed by atoms with Gasteiger partial charge in [-0.2, -0.15) is 0 Å². The summed E-state index contributed by atoms with van der Waals surface area (Å²) in [5.74, 6) is -1.42. The van der Waals surface area contributed by atoms with Crippen molar-refractivity contribution < 1.29 is 24.0 Å². The van der Waals surface area contributed by atoms with Crippen LogP contribution in [0.3, 0.4) is 0 Å². The smallest absolute Gasteiger partial charge is 0.326 e. The zero-order valence-electron chi connectivity index (χ0n) is 16.9. The quantitative estimate of drug-likeness (QED) is 0.425. The number of ether oxygens (including phenoxy) is 1. The van der Waals surface area contributed by atoms with Gasteiger partial charge in [0.05, 0.1) is 22.9 Å². The minimum absolute atomic E-state index is 0.131. The van der Waals surface area contributed by atoms with Crippen molar-refractivity contribution in [3.63, 3.8) is 0 Å². The zero-order valence-corrected chi connectivity index (χ0v) is 16.9. The first kappa shape index (κ1) is 21.0. The molecule has 0 aliphatic carbocycles. The van der Waals surface area contributed by atoms with Gasteiger partial charge in [0.25, 0.3) is 11.6 Å². The van der Waals surface area contributed by atoms with E-state index in [9.17, 15) is 24.5 Å². The maximum atomic E-state index is 13.1. The van der Waals surface area contributed by atoms with E-state index < -0.39 is 22.7 Å². The first-order chi connectivity index (χ1) is 14.2. The normalized spacial score (nSPS) is 13.1. The van der Waals surface area contributed by atoms with Gasteiger partial charge < -0.3 is 4.74 Å². The van der Waals surface area contributed by atoms with Crippen LogP contribution in [-0.2, 0) is 14.3 Å². The molecule has 2 aromatic carbocycles. The fraction of sp³-hybridized carbons (Fsp3) is 0.286. The molecule has 1 aliphatic heterocycles. The predicted molar refractivity (Wildman–Crippen MR) is 110 cm³/mol. The molecule has 0 saturated carbocycles. The summed E-state index contributed by atoms with van der Waals surface area (Å²) in [4.78, 5) is 50.9. The van der Waals surface area contributed by atoms with E-state index in [-0.39, 0.29) is 30.9 Å². The summed E-state index contributed by atoms with van der Waals surface area (Å²) in [6.07, 6.45) is 0. The number of hydrogen-bond donors (Lipinski definition) is 0. The van der Waals surface area contributed by atoms with Crippen LogP contribution in [-0.4, -0.2) is 42.4 Å². The molecular formula is C21H21N3O6. The number of aryl methyl sites for hydroxylation is 2. The van der Waals surface area contributed by atoms with Gasteiger partial charge in [-0.3, -0.25) is 34.3 Å². The highest BCUT2D eigenvalue weighted by atomic mass is 16.6. The van der Waals surface area contributed by atoms with Crippen LogP contribution in [0.1, 0.15) is 28.4 Å². The van der Waals surface area contributed by atoms with Gasteiger partial charge in [0.1, 0.15) is 13.1 Å². The van der Waals surface area contributed by atoms with Crippen molar-refractivity contribution in [1.29, 1.82) is 0 Å². The molecule has 0 radical (unpaired) electrons. The molecule has 0 saturated heterocycles. The molecule has 9 heteroatoms. The standard InChI is InChI=1S/C21H21N3O6/c1-4-30-20(26)12-22-17-9-13(2)14(3)10-18(17)23(11-19(22)25)21(27)15-5-7-16(8-6-15)24(28)29/h5-10H,4,11-12H2,1-3H3. The number of fused-ring (bicyclic) bond motifs is 1. The van der Waals surface area contributed by atoms with Crippen molar-refractivity contribution in [3.05, 3.63) is 63.2 Å². The van der Waals surface area contributed by atoms with Crippen LogP contribution in [0, 0.1) is 24.0 Å². The number of benzene rings is 2. The van der Waals surface area contributed by atoms with Crippen molar-refractivity contribution in [2.45, 2.75) is 20.8 Å². The molecule has 1 heterocycles. The summed E-state index contributed by atoms with van der Waals surface area (Å²) in [6.45, 7) is 5.13. The van der Waals surface area contributed by atoms with Gasteiger partial charge in [0, 0.05) is 17.7 Å². The van der Waals surface area contributed by atoms with E-state index in [2.05, 4.69) is 0 Å². The Hall–Kier alpha value is -3.75. The summed E-state index contributed by atoms with van der Waals surface area (Å²) in [5, 5.41) is 10.9. The number of amides is 2. The molecule has 2 amide bonds. The molecule has 0 N–H and O–H groups in total. The van der Waals surface area contributed by atoms with Crippen LogP contribution < -0.4 is 9.80 Å². The third kappa shape index (κ3) is 4.00. The second kappa shape index (κ2) is 8.32. The highest BCUT2D eigenvalue weighted by Crippen LogP contribution is 2.37. The van der Waals surface area contributed by atoms with Crippen LogP contribution in [0.2, 0.25) is 0 Å². The zero-order chi connectivity index (χ0) is 22.0. The van der Waals surface area contributed by atoms with E-state index in [0.29, 0.717) is 11.4 Å². The minimum Gasteiger partial charge on any atom is -0.465 e. The average Bonchev–Trinajstić information content (AvgIpc) is 2.71. The molecule has 0 aromatic heterocycles. The van der Waals surface area contributed by atoms with Gasteiger partial charge in [-0.15, -0.1) is 0 Å². The second-order valence-corrected chi connectivity index (χ2v) is 6.91. The monoisotopic (exact) mass is 411 g/mol. The van der Waals surface area contributed by atoms with Crippen LogP contribution >= 0.6 is 0 Å². The lowest BCUT2D eigenvalue weighted by Crippen LogP contribution is -2.50. The van der Waals surface area contributed by atoms with Crippen molar-refractivity contribution in [2.75, 3.05) is 29.5 Å². The number of nitro groups is 1. The maximum absolute atomic E-state index is 13.1. The molecule has 3 rings (SSSR count). The van der Waals surface area contributed by atoms with Gasteiger partial charge in [0.2, 0.25) is 5.91 Å². The molecule has 0 fully saturated rings. The molecule has 0 atom stereocenters. The number of carbonyl (C=O) groups excluding carboxylic acids is 3. The highest BCUT2D eigenvalue weighted by molar-refractivity contribution is 6.16. The van der Waals surface area contributed by atoms with Crippen LogP contribution in [0.25, 0.3) is 0 Å². The Balaban J connectivity index is 2.01. The van der Waals surface area contributed by atoms with Crippen LogP contribution in [0.5, 0.6) is 0 Å². The first-order valence-corrected chi connectivity index (χ1v) is 9.36. The predicted octanol–water partition coefficient (Wildman–Crippen LogP) is 2.77. The third-order valence-electron chi connectivity index (χ3n) is 4.93. The van der Waals surface area contributed by atoms with E-state index in [1.165, 1.54) is 34.1 Å². The Kier molecular flexibility index (Phi) is 5.81. The number of rotatable bonds is 5. The molecule has 2 aromatic rings. The SMILES string of the molecule is CCOC(=O)CN1C(=O)CN(C(=O)c2ccc([N+](=O)[O-])cc2)c2cc(C)c(C)cc21. The number of anilines is 2. The van der Waals surface area contributed by atoms with E-state index >= 15 is 0 Å². The molecular weight excluding hydrogens is 390 g/mol. The number of carbonyl (C=O) groups is 3. The molecule has 156 valence electrons. The van der Waals surface area contributed by atoms with E-state index in [0.717, 1.165) is 11.1 Å². The molecule has 30 heavy (non-hydrogen) atoms. The number of nitro benzene ring substituents is 1. The fourth-order valence-electron chi connectivity index (χ4n) is 3.23. The second-order valence-electron chi connectivity index (χ2n) is 6.91. The van der Waals surface area contributed by atoms with E-state index in [1.807, 2.05) is 13.8 Å². The summed E-state index contributed by atoms with van der Waals surface area (Å²) >= 11 is 0. The molecule has 0 bridgehead atoms. The summed E-state index contributed by atoms with van der Waals surface area (Å²) in [6, 6.07) is 8.75. The lowest BCUT2D eigenvalue weighted by Gasteiger charge is -2.36. The topological polar surface area (TPSA) is 110 Å². The van der Waals surface area contributed by atoms with Crippen LogP contribution in [0.15, 0.2) is 36.4 Å². The summed E-state index contributed by atoms with van der Waals surface area (Å²) < 4.78 is 4.97. The average molecular weight is 411 g/mol. The maximum Gasteiger partial charge on any atom is 0.326 e. The Morgan fingerprint density at radius 1 is 1.10 bits per heavy atom. The largest absolute Gasteiger partial charge is 0.465 e. The summed E-state index contributed by atoms with van der Waals surface area (Å²) in [5.41, 5.74) is 2.84. The minimum atomic E-state index is -0.548. The van der Waals surface area contributed by atoms with Crippen molar-refractivity contribution in [2.24, 2.45) is 0 Å². The summed E-state index contributed by atoms with van der Waals surface area (Å²) in [7, 11) is 0. The number of hydrogen-bond acceptors (Lipinski definition) is 6. The molecule has 0 unspecified atom stereocenters. The number of non-ortho nitro benzene ring substituents is 1. The third-order valence-corrected chi connectivity index (χ3v) is 4.93. The van der Waals surface area contributed by atoms with Gasteiger partial charge in [-0.1, -0.05) is 0 Å². The van der Waals surface area contributed by atoms with Gasteiger partial charge >= 0.3 is 5.97 Å². The Bertz CT molecular complexity index is 1030. The lowest BCUT2D eigenvalue weighted by atomic mass is 10.0. The Labute approximate surface area is 173 Å². The van der Waals surface area contributed by atoms with Crippen molar-refractivity contribution >= 4 is 34.8 Å². The first-order valence-electron chi connectivity index (χ1n) is 9.36. The lowest BCUT2D eigenvalue weighted by molar-refractivity contribution is -0.384. The van der Waals surface area contributed by atoms with E-state index in [4.69, 9.17) is 4.74 Å². The fourth-order valence-corrected chi connectivity index (χ4v) is 3.23. The van der Waals surface area contributed by atoms with Crippen LogP contribution in [0.4, 0.5) is 17.1 Å². The van der Waals surface area contributed by atoms with Crippen molar-refractivity contribution in [1.82, 2.24) is 0 Å². The number of nitrogens with zero attached hydrogens (tertiary/aromatic N) is 3. The Morgan fingerprint density at radius 2 is 1.70 bits per heavy atom.